The van der Waals surface area contributed by atoms with Crippen LogP contribution in [0.25, 0.3) is 0 Å². The normalized spacial score (nSPS) is 18.0. The van der Waals surface area contributed by atoms with Gasteiger partial charge in [-0.05, 0) is 6.92 Å². The summed E-state index contributed by atoms with van der Waals surface area (Å²) in [5.74, 6) is 0. The van der Waals surface area contributed by atoms with Crippen LogP contribution in [-0.4, -0.2) is 29.0 Å². The molecule has 0 saturated carbocycles. The van der Waals surface area contributed by atoms with Crippen molar-refractivity contribution >= 4 is 12.8 Å². The minimum absolute atomic E-state index is 0.0961. The van der Waals surface area contributed by atoms with E-state index >= 15 is 0 Å². The van der Waals surface area contributed by atoms with Gasteiger partial charge >= 0.3 is 0 Å². The number of hydrogen-bond acceptors (Lipinski definition) is 4. The molecule has 0 spiro atoms. The highest BCUT2D eigenvalue weighted by atomic mass is 32.1. The predicted molar refractivity (Wildman–Crippen MR) is 34.7 cm³/mol. The topological polar surface area (TPSA) is 52.5 Å². The molecule has 0 rings (SSSR count). The summed E-state index contributed by atoms with van der Waals surface area (Å²) in [6.07, 6.45) is -0.558. The lowest BCUT2D eigenvalue weighted by Crippen LogP contribution is -2.35. The Bertz CT molecular complexity index is 56.0. The first kappa shape index (κ1) is 8.23. The fraction of sp³-hybridized carbons (Fsp3) is 1.00. The van der Waals surface area contributed by atoms with Crippen LogP contribution in [-0.2, 0) is 0 Å². The first-order valence-corrected chi connectivity index (χ1v) is 2.85. The number of hydrogen-bond donors (Lipinski definition) is 4. The molecule has 0 aromatic rings. The molecular formula is C4H11NO2S. The summed E-state index contributed by atoms with van der Waals surface area (Å²) in [5.41, 5.74) is 0. The van der Waals surface area contributed by atoms with Crippen LogP contribution in [0.15, 0.2) is 0 Å². The quantitative estimate of drug-likeness (QED) is 0.384. The highest BCUT2D eigenvalue weighted by Gasteiger charge is 2.09. The molecule has 3 nitrogen and oxygen atoms in total. The summed E-state index contributed by atoms with van der Waals surface area (Å²) in [4.78, 5) is 0. The summed E-state index contributed by atoms with van der Waals surface area (Å²) in [6, 6.07) is -0.321. The monoisotopic (exact) mass is 137 g/mol. The van der Waals surface area contributed by atoms with E-state index < -0.39 is 6.10 Å². The molecule has 0 aromatic heterocycles. The molecule has 0 amide bonds. The van der Waals surface area contributed by atoms with Gasteiger partial charge in [0, 0.05) is 0 Å². The minimum Gasteiger partial charge on any atom is -0.395 e. The minimum atomic E-state index is -0.558. The maximum absolute atomic E-state index is 8.74. The van der Waals surface area contributed by atoms with Crippen molar-refractivity contribution in [1.82, 2.24) is 4.72 Å². The van der Waals surface area contributed by atoms with Crippen molar-refractivity contribution in [3.05, 3.63) is 0 Å². The van der Waals surface area contributed by atoms with Gasteiger partial charge in [-0.1, -0.05) is 12.8 Å². The van der Waals surface area contributed by atoms with Crippen LogP contribution >= 0.6 is 12.8 Å². The van der Waals surface area contributed by atoms with E-state index in [2.05, 4.69) is 17.5 Å². The van der Waals surface area contributed by atoms with E-state index in [9.17, 15) is 0 Å². The molecule has 0 aromatic carbocycles. The van der Waals surface area contributed by atoms with Crippen LogP contribution in [0.1, 0.15) is 6.92 Å². The van der Waals surface area contributed by atoms with Gasteiger partial charge in [0.05, 0.1) is 18.8 Å². The zero-order valence-corrected chi connectivity index (χ0v) is 5.60. The predicted octanol–water partition coefficient (Wildman–Crippen LogP) is -0.838. The third kappa shape index (κ3) is 2.52. The van der Waals surface area contributed by atoms with E-state index in [-0.39, 0.29) is 12.6 Å². The molecule has 8 heavy (non-hydrogen) atoms. The zero-order valence-electron chi connectivity index (χ0n) is 4.70. The van der Waals surface area contributed by atoms with E-state index in [0.717, 1.165) is 0 Å². The second kappa shape index (κ2) is 4.14. The molecule has 0 aliphatic heterocycles. The average Bonchev–Trinajstić information content (AvgIpc) is 1.69. The Morgan fingerprint density at radius 2 is 2.25 bits per heavy atom. The second-order valence-electron chi connectivity index (χ2n) is 1.66. The molecule has 50 valence electrons. The van der Waals surface area contributed by atoms with E-state index in [0.29, 0.717) is 0 Å². The molecule has 0 saturated heterocycles. The van der Waals surface area contributed by atoms with Crippen molar-refractivity contribution in [2.24, 2.45) is 0 Å². The molecule has 2 atom stereocenters. The fourth-order valence-electron chi connectivity index (χ4n) is 0.301. The maximum atomic E-state index is 8.74. The van der Waals surface area contributed by atoms with Crippen LogP contribution in [0.5, 0.6) is 0 Å². The molecule has 3 N–H and O–H groups in total. The van der Waals surface area contributed by atoms with Crippen LogP contribution in [0, 0.1) is 0 Å². The first-order valence-electron chi connectivity index (χ1n) is 2.41. The van der Waals surface area contributed by atoms with E-state index in [1.54, 1.807) is 6.92 Å². The smallest absolute Gasteiger partial charge is 0.0696 e. The van der Waals surface area contributed by atoms with Crippen molar-refractivity contribution in [3.63, 3.8) is 0 Å². The van der Waals surface area contributed by atoms with Crippen LogP contribution in [0.4, 0.5) is 0 Å². The van der Waals surface area contributed by atoms with Crippen LogP contribution in [0.3, 0.4) is 0 Å². The summed E-state index contributed by atoms with van der Waals surface area (Å²) < 4.78 is 2.45. The Morgan fingerprint density at radius 3 is 2.25 bits per heavy atom. The molecular weight excluding hydrogens is 126 g/mol. The summed E-state index contributed by atoms with van der Waals surface area (Å²) in [6.45, 7) is 1.49. The number of aliphatic hydroxyl groups excluding tert-OH is 2. The lowest BCUT2D eigenvalue weighted by molar-refractivity contribution is 0.117. The number of thiol groups is 1. The van der Waals surface area contributed by atoms with Crippen molar-refractivity contribution in [1.29, 1.82) is 0 Å². The van der Waals surface area contributed by atoms with Crippen molar-refractivity contribution in [3.8, 4) is 0 Å². The van der Waals surface area contributed by atoms with Crippen LogP contribution in [0.2, 0.25) is 0 Å². The third-order valence-corrected chi connectivity index (χ3v) is 1.28. The lowest BCUT2D eigenvalue weighted by atomic mass is 10.2. The van der Waals surface area contributed by atoms with Gasteiger partial charge in [0.15, 0.2) is 0 Å². The van der Waals surface area contributed by atoms with Gasteiger partial charge < -0.3 is 10.2 Å². The van der Waals surface area contributed by atoms with Crippen LogP contribution < -0.4 is 4.72 Å². The van der Waals surface area contributed by atoms with Gasteiger partial charge in [-0.25, -0.2) is 0 Å². The van der Waals surface area contributed by atoms with Gasteiger partial charge in [-0.3, -0.25) is 4.72 Å². The van der Waals surface area contributed by atoms with Crippen molar-refractivity contribution in [2.75, 3.05) is 6.61 Å². The van der Waals surface area contributed by atoms with E-state index in [4.69, 9.17) is 10.2 Å². The SMILES string of the molecule is CC(O)C(CO)NS. The Morgan fingerprint density at radius 1 is 1.75 bits per heavy atom. The van der Waals surface area contributed by atoms with Crippen molar-refractivity contribution in [2.45, 2.75) is 19.1 Å². The number of rotatable bonds is 3. The summed E-state index contributed by atoms with van der Waals surface area (Å²) >= 11 is 3.67. The largest absolute Gasteiger partial charge is 0.395 e. The molecule has 4 heteroatoms. The maximum Gasteiger partial charge on any atom is 0.0696 e. The average molecular weight is 137 g/mol. The second-order valence-corrected chi connectivity index (χ2v) is 1.92. The van der Waals surface area contributed by atoms with Crippen molar-refractivity contribution < 1.29 is 10.2 Å². The third-order valence-electron chi connectivity index (χ3n) is 0.945. The fourth-order valence-corrected chi connectivity index (χ4v) is 0.599. The van der Waals surface area contributed by atoms with E-state index in [1.807, 2.05) is 0 Å². The molecule has 0 aliphatic carbocycles. The molecule has 2 unspecified atom stereocenters. The standard InChI is InChI=1S/C4H11NO2S/c1-3(7)4(2-6)5-8/h3-8H,2H2,1H3. The van der Waals surface area contributed by atoms with Gasteiger partial charge in [0.1, 0.15) is 0 Å². The Kier molecular flexibility index (Phi) is 4.26. The van der Waals surface area contributed by atoms with Gasteiger partial charge in [-0.15, -0.1) is 0 Å². The van der Waals surface area contributed by atoms with Gasteiger partial charge in [0.2, 0.25) is 0 Å². The Labute approximate surface area is 54.3 Å². The highest BCUT2D eigenvalue weighted by molar-refractivity contribution is 7.78. The first-order chi connectivity index (χ1) is 3.72. The summed E-state index contributed by atoms with van der Waals surface area (Å²) in [5, 5.41) is 17.2. The molecule has 0 heterocycles. The Hall–Kier alpha value is 0.230. The van der Waals surface area contributed by atoms with E-state index in [1.165, 1.54) is 0 Å². The number of nitrogens with one attached hydrogen (secondary N) is 1. The Balaban J connectivity index is 3.35. The zero-order chi connectivity index (χ0) is 6.57. The molecule has 0 bridgehead atoms. The molecule has 0 fully saturated rings. The van der Waals surface area contributed by atoms with Gasteiger partial charge in [0.25, 0.3) is 0 Å². The summed E-state index contributed by atoms with van der Waals surface area (Å²) in [7, 11) is 0. The van der Waals surface area contributed by atoms with Gasteiger partial charge in [-0.2, -0.15) is 0 Å². The highest BCUT2D eigenvalue weighted by Crippen LogP contribution is 1.90. The number of aliphatic hydroxyl groups is 2. The molecule has 0 aliphatic rings. The lowest BCUT2D eigenvalue weighted by Gasteiger charge is -2.14. The molecule has 0 radical (unpaired) electrons.